The molecule has 0 aliphatic heterocycles. The summed E-state index contributed by atoms with van der Waals surface area (Å²) in [6.45, 7) is 1.87. The van der Waals surface area contributed by atoms with Gasteiger partial charge >= 0.3 is 0 Å². The minimum atomic E-state index is -3.35. The smallest absolute Gasteiger partial charge is 0.251 e. The highest BCUT2D eigenvalue weighted by Gasteiger charge is 2.28. The van der Waals surface area contributed by atoms with E-state index in [0.29, 0.717) is 6.42 Å². The zero-order valence-electron chi connectivity index (χ0n) is 11.3. The summed E-state index contributed by atoms with van der Waals surface area (Å²) in [7, 11) is -3.35. The molecule has 4 nitrogen and oxygen atoms in total. The molecule has 0 bridgehead atoms. The second kappa shape index (κ2) is 6.78. The van der Waals surface area contributed by atoms with Gasteiger partial charge in [-0.05, 0) is 24.6 Å². The van der Waals surface area contributed by atoms with Crippen molar-refractivity contribution in [1.82, 2.24) is 5.32 Å². The van der Waals surface area contributed by atoms with E-state index in [9.17, 15) is 13.2 Å². The van der Waals surface area contributed by atoms with Gasteiger partial charge in [0, 0.05) is 23.6 Å². The van der Waals surface area contributed by atoms with E-state index in [1.165, 1.54) is 18.2 Å². The van der Waals surface area contributed by atoms with Gasteiger partial charge in [-0.2, -0.15) is 0 Å². The van der Waals surface area contributed by atoms with Crippen molar-refractivity contribution in [3.05, 3.63) is 29.8 Å². The third-order valence-electron chi connectivity index (χ3n) is 3.09. The molecule has 20 heavy (non-hydrogen) atoms. The SMILES string of the molecule is CCC(CCl)(CCl)NC(=O)c1cccc(S(C)(=O)=O)c1. The monoisotopic (exact) mass is 337 g/mol. The van der Waals surface area contributed by atoms with E-state index < -0.39 is 21.3 Å². The Morgan fingerprint density at radius 2 is 1.90 bits per heavy atom. The number of sulfone groups is 1. The van der Waals surface area contributed by atoms with Crippen molar-refractivity contribution in [1.29, 1.82) is 0 Å². The van der Waals surface area contributed by atoms with Gasteiger partial charge in [0.05, 0.1) is 10.4 Å². The maximum Gasteiger partial charge on any atom is 0.251 e. The van der Waals surface area contributed by atoms with Crippen molar-refractivity contribution >= 4 is 38.9 Å². The predicted molar refractivity (Wildman–Crippen MR) is 81.5 cm³/mol. The number of amides is 1. The quantitative estimate of drug-likeness (QED) is 0.811. The standard InChI is InChI=1S/C13H17Cl2NO3S/c1-3-13(8-14,9-15)16-12(17)10-5-4-6-11(7-10)20(2,18)19/h4-7H,3,8-9H2,1-2H3,(H,16,17). The zero-order valence-corrected chi connectivity index (χ0v) is 13.6. The van der Waals surface area contributed by atoms with Crippen LogP contribution in [0.5, 0.6) is 0 Å². The number of hydrogen-bond acceptors (Lipinski definition) is 3. The molecule has 1 aromatic rings. The van der Waals surface area contributed by atoms with Crippen molar-refractivity contribution in [2.45, 2.75) is 23.8 Å². The molecule has 0 saturated heterocycles. The number of alkyl halides is 2. The van der Waals surface area contributed by atoms with Gasteiger partial charge in [-0.1, -0.05) is 13.0 Å². The molecule has 0 aliphatic carbocycles. The molecular weight excluding hydrogens is 321 g/mol. The van der Waals surface area contributed by atoms with Crippen LogP contribution in [0.25, 0.3) is 0 Å². The van der Waals surface area contributed by atoms with Crippen LogP contribution in [0.4, 0.5) is 0 Å². The van der Waals surface area contributed by atoms with E-state index in [1.807, 2.05) is 6.92 Å². The first kappa shape index (κ1) is 17.3. The fourth-order valence-corrected chi connectivity index (χ4v) is 3.02. The number of benzene rings is 1. The molecule has 0 unspecified atom stereocenters. The normalized spacial score (nSPS) is 12.2. The molecule has 0 heterocycles. The molecule has 7 heteroatoms. The van der Waals surface area contributed by atoms with Gasteiger partial charge in [0.25, 0.3) is 5.91 Å². The van der Waals surface area contributed by atoms with Gasteiger partial charge < -0.3 is 5.32 Å². The van der Waals surface area contributed by atoms with E-state index in [2.05, 4.69) is 5.32 Å². The number of carbonyl (C=O) groups is 1. The van der Waals surface area contributed by atoms with Crippen molar-refractivity contribution in [2.75, 3.05) is 18.0 Å². The van der Waals surface area contributed by atoms with Crippen LogP contribution in [0.15, 0.2) is 29.2 Å². The molecule has 0 aromatic heterocycles. The highest BCUT2D eigenvalue weighted by molar-refractivity contribution is 7.90. The lowest BCUT2D eigenvalue weighted by Gasteiger charge is -2.29. The summed E-state index contributed by atoms with van der Waals surface area (Å²) in [5.41, 5.74) is -0.428. The van der Waals surface area contributed by atoms with Crippen LogP contribution in [0.1, 0.15) is 23.7 Å². The van der Waals surface area contributed by atoms with Gasteiger partial charge in [0.15, 0.2) is 9.84 Å². The summed E-state index contributed by atoms with van der Waals surface area (Å²) in [6.07, 6.45) is 1.68. The predicted octanol–water partition coefficient (Wildman–Crippen LogP) is 2.45. The van der Waals surface area contributed by atoms with E-state index >= 15 is 0 Å². The summed E-state index contributed by atoms with van der Waals surface area (Å²) in [6, 6.07) is 5.86. The highest BCUT2D eigenvalue weighted by atomic mass is 35.5. The van der Waals surface area contributed by atoms with Gasteiger partial charge in [-0.3, -0.25) is 4.79 Å². The number of nitrogens with one attached hydrogen (secondary N) is 1. The summed E-state index contributed by atoms with van der Waals surface area (Å²) in [4.78, 5) is 12.3. The molecule has 0 saturated carbocycles. The largest absolute Gasteiger partial charge is 0.344 e. The van der Waals surface area contributed by atoms with Crippen LogP contribution in [-0.2, 0) is 9.84 Å². The van der Waals surface area contributed by atoms with E-state index in [4.69, 9.17) is 23.2 Å². The van der Waals surface area contributed by atoms with Crippen molar-refractivity contribution in [3.8, 4) is 0 Å². The highest BCUT2D eigenvalue weighted by Crippen LogP contribution is 2.17. The summed E-state index contributed by atoms with van der Waals surface area (Å²) < 4.78 is 23.0. The molecule has 1 aromatic carbocycles. The van der Waals surface area contributed by atoms with Crippen molar-refractivity contribution in [2.24, 2.45) is 0 Å². The third-order valence-corrected chi connectivity index (χ3v) is 5.22. The Morgan fingerprint density at radius 3 is 2.35 bits per heavy atom. The Bertz CT molecular complexity index is 575. The average Bonchev–Trinajstić information content (AvgIpc) is 2.44. The number of rotatable bonds is 6. The molecule has 1 rings (SSSR count). The molecule has 1 amide bonds. The minimum absolute atomic E-state index is 0.101. The Morgan fingerprint density at radius 1 is 1.30 bits per heavy atom. The van der Waals surface area contributed by atoms with Crippen LogP contribution >= 0.6 is 23.2 Å². The van der Waals surface area contributed by atoms with E-state index in [-0.39, 0.29) is 22.2 Å². The van der Waals surface area contributed by atoms with Crippen LogP contribution in [0.3, 0.4) is 0 Å². The molecule has 0 fully saturated rings. The zero-order chi connectivity index (χ0) is 15.4. The molecule has 0 radical (unpaired) electrons. The Hall–Kier alpha value is -0.780. The van der Waals surface area contributed by atoms with Crippen LogP contribution in [0.2, 0.25) is 0 Å². The van der Waals surface area contributed by atoms with Gasteiger partial charge in [0.2, 0.25) is 0 Å². The van der Waals surface area contributed by atoms with Gasteiger partial charge in [0.1, 0.15) is 0 Å². The van der Waals surface area contributed by atoms with Crippen molar-refractivity contribution < 1.29 is 13.2 Å². The number of carbonyl (C=O) groups excluding carboxylic acids is 1. The van der Waals surface area contributed by atoms with Crippen LogP contribution in [-0.4, -0.2) is 37.9 Å². The lowest BCUT2D eigenvalue weighted by atomic mass is 10.0. The minimum Gasteiger partial charge on any atom is -0.344 e. The van der Waals surface area contributed by atoms with Crippen molar-refractivity contribution in [3.63, 3.8) is 0 Å². The average molecular weight is 338 g/mol. The summed E-state index contributed by atoms with van der Waals surface area (Å²) in [5.74, 6) is -0.0201. The lowest BCUT2D eigenvalue weighted by molar-refractivity contribution is 0.0913. The molecular formula is C13H17Cl2NO3S. The first-order chi connectivity index (χ1) is 9.28. The Labute approximate surface area is 129 Å². The fourth-order valence-electron chi connectivity index (χ4n) is 1.56. The molecule has 0 atom stereocenters. The first-order valence-electron chi connectivity index (χ1n) is 6.02. The van der Waals surface area contributed by atoms with Gasteiger partial charge in [-0.15, -0.1) is 23.2 Å². The topological polar surface area (TPSA) is 63.2 Å². The Kier molecular flexibility index (Phi) is 5.86. The summed E-state index contributed by atoms with van der Waals surface area (Å²) in [5, 5.41) is 2.78. The molecule has 0 aliphatic rings. The Balaban J connectivity index is 3.05. The number of hydrogen-bond donors (Lipinski definition) is 1. The first-order valence-corrected chi connectivity index (χ1v) is 8.98. The maximum absolute atomic E-state index is 12.2. The van der Waals surface area contributed by atoms with Crippen LogP contribution in [0, 0.1) is 0 Å². The second-order valence-electron chi connectivity index (χ2n) is 4.66. The van der Waals surface area contributed by atoms with Gasteiger partial charge in [-0.25, -0.2) is 8.42 Å². The van der Waals surface area contributed by atoms with Crippen LogP contribution < -0.4 is 5.32 Å². The molecule has 0 spiro atoms. The second-order valence-corrected chi connectivity index (χ2v) is 7.21. The van der Waals surface area contributed by atoms with E-state index in [1.54, 1.807) is 6.07 Å². The molecule has 112 valence electrons. The van der Waals surface area contributed by atoms with E-state index in [0.717, 1.165) is 6.26 Å². The third kappa shape index (κ3) is 4.11. The lowest BCUT2D eigenvalue weighted by Crippen LogP contribution is -2.51. The molecule has 1 N–H and O–H groups in total. The maximum atomic E-state index is 12.2. The summed E-state index contributed by atoms with van der Waals surface area (Å²) >= 11 is 11.7. The number of halogens is 2. The fraction of sp³-hybridized carbons (Fsp3) is 0.462.